The van der Waals surface area contributed by atoms with Crippen molar-refractivity contribution in [2.75, 3.05) is 13.2 Å². The minimum Gasteiger partial charge on any atom is -0.550 e. The van der Waals surface area contributed by atoms with E-state index in [0.717, 1.165) is 57.7 Å². The van der Waals surface area contributed by atoms with Gasteiger partial charge in [-0.1, -0.05) is 24.3 Å². The van der Waals surface area contributed by atoms with Crippen LogP contribution in [0.1, 0.15) is 59.4 Å². The molecule has 1 fully saturated rings. The maximum absolute atomic E-state index is 11.3. The van der Waals surface area contributed by atoms with Crippen molar-refractivity contribution >= 4 is 5.97 Å². The number of carboxylic acid groups (broad SMARTS) is 1. The van der Waals surface area contributed by atoms with Gasteiger partial charge in [0.1, 0.15) is 29.5 Å². The fraction of sp³-hybridized carbons (Fsp3) is 0.387. The zero-order chi connectivity index (χ0) is 26.2. The number of hydrogen-bond donors (Lipinski definition) is 1. The van der Waals surface area contributed by atoms with E-state index in [0.29, 0.717) is 25.4 Å². The molecule has 3 aromatic rings. The standard InChI is InChI=1S/C31H34O6.Na/c1-19-14-24(35-13-5-12-32)15-20(2)30(19)25-7-4-6-22(21(25)3)18-36-23-8-9-26-27(17-29(33)34)31(10-11-31)37-28(26)16-23;/h4,6-9,14-16,27,32H,5,10-13,17-18H2,1-3H3,(H,33,34);/q;+1/p-1. The van der Waals surface area contributed by atoms with Crippen molar-refractivity contribution in [2.24, 2.45) is 0 Å². The van der Waals surface area contributed by atoms with Gasteiger partial charge in [-0.05, 0) is 91.6 Å². The van der Waals surface area contributed by atoms with Crippen LogP contribution in [-0.2, 0) is 11.4 Å². The van der Waals surface area contributed by atoms with E-state index in [2.05, 4.69) is 39.0 Å². The monoisotopic (exact) mass is 524 g/mol. The summed E-state index contributed by atoms with van der Waals surface area (Å²) in [5.41, 5.74) is 7.43. The Morgan fingerprint density at radius 3 is 2.45 bits per heavy atom. The van der Waals surface area contributed by atoms with Gasteiger partial charge < -0.3 is 29.2 Å². The maximum Gasteiger partial charge on any atom is 1.00 e. The number of carbonyl (C=O) groups excluding carboxylic acids is 1. The predicted molar refractivity (Wildman–Crippen MR) is 139 cm³/mol. The van der Waals surface area contributed by atoms with Crippen LogP contribution in [-0.4, -0.2) is 29.9 Å². The third kappa shape index (κ3) is 5.74. The van der Waals surface area contributed by atoms with Gasteiger partial charge in [-0.25, -0.2) is 0 Å². The van der Waals surface area contributed by atoms with E-state index < -0.39 is 5.97 Å². The molecule has 1 N–H and O–H groups in total. The summed E-state index contributed by atoms with van der Waals surface area (Å²) in [6, 6.07) is 16.1. The second-order valence-electron chi connectivity index (χ2n) is 10.2. The molecule has 3 aromatic carbocycles. The number of benzene rings is 3. The zero-order valence-electron chi connectivity index (χ0n) is 22.6. The number of ether oxygens (including phenoxy) is 3. The molecule has 1 saturated carbocycles. The first-order valence-corrected chi connectivity index (χ1v) is 12.9. The van der Waals surface area contributed by atoms with Crippen LogP contribution in [0.3, 0.4) is 0 Å². The van der Waals surface area contributed by atoms with E-state index in [-0.39, 0.29) is 54.1 Å². The van der Waals surface area contributed by atoms with E-state index in [1.54, 1.807) is 0 Å². The van der Waals surface area contributed by atoms with E-state index >= 15 is 0 Å². The molecular formula is C31H33NaO6. The van der Waals surface area contributed by atoms with Crippen LogP contribution >= 0.6 is 0 Å². The van der Waals surface area contributed by atoms with E-state index in [4.69, 9.17) is 19.3 Å². The second-order valence-corrected chi connectivity index (χ2v) is 10.2. The van der Waals surface area contributed by atoms with Crippen LogP contribution < -0.4 is 48.9 Å². The number of aryl methyl sites for hydroxylation is 2. The molecule has 0 aromatic heterocycles. The Balaban J connectivity index is 0.00000336. The van der Waals surface area contributed by atoms with Crippen LogP contribution in [0.15, 0.2) is 48.5 Å². The summed E-state index contributed by atoms with van der Waals surface area (Å²) >= 11 is 0. The van der Waals surface area contributed by atoms with Gasteiger partial charge in [-0.2, -0.15) is 0 Å². The van der Waals surface area contributed by atoms with E-state index in [1.807, 2.05) is 30.3 Å². The first kappa shape index (κ1) is 28.5. The smallest absolute Gasteiger partial charge is 0.550 e. The fourth-order valence-electron chi connectivity index (χ4n) is 5.55. The molecule has 1 aliphatic heterocycles. The minimum atomic E-state index is -1.04. The quantitative estimate of drug-likeness (QED) is 0.321. The number of aliphatic hydroxyl groups is 1. The van der Waals surface area contributed by atoms with Gasteiger partial charge in [-0.3, -0.25) is 0 Å². The summed E-state index contributed by atoms with van der Waals surface area (Å²) < 4.78 is 18.2. The molecule has 0 bridgehead atoms. The summed E-state index contributed by atoms with van der Waals surface area (Å²) in [5, 5.41) is 20.3. The van der Waals surface area contributed by atoms with Crippen LogP contribution in [0.4, 0.5) is 0 Å². The van der Waals surface area contributed by atoms with Crippen LogP contribution in [0.25, 0.3) is 11.1 Å². The molecular weight excluding hydrogens is 491 g/mol. The minimum absolute atomic E-state index is 0. The summed E-state index contributed by atoms with van der Waals surface area (Å²) in [5.74, 6) is 1.04. The number of fused-ring (bicyclic) bond motifs is 1. The first-order valence-electron chi connectivity index (χ1n) is 12.9. The fourth-order valence-corrected chi connectivity index (χ4v) is 5.55. The average molecular weight is 525 g/mol. The second kappa shape index (κ2) is 11.7. The Morgan fingerprint density at radius 1 is 1.05 bits per heavy atom. The van der Waals surface area contributed by atoms with Gasteiger partial charge in [0.15, 0.2) is 0 Å². The summed E-state index contributed by atoms with van der Waals surface area (Å²) in [6.45, 7) is 7.32. The number of carboxylic acids is 1. The third-order valence-corrected chi connectivity index (χ3v) is 7.61. The Bertz CT molecular complexity index is 1310. The molecule has 0 saturated heterocycles. The van der Waals surface area contributed by atoms with Crippen molar-refractivity contribution in [1.82, 2.24) is 0 Å². The first-order chi connectivity index (χ1) is 17.8. The van der Waals surface area contributed by atoms with Gasteiger partial charge in [0.25, 0.3) is 0 Å². The van der Waals surface area contributed by atoms with Gasteiger partial charge in [0.05, 0.1) is 6.61 Å². The summed E-state index contributed by atoms with van der Waals surface area (Å²) in [4.78, 5) is 11.3. The number of hydrogen-bond acceptors (Lipinski definition) is 6. The van der Waals surface area contributed by atoms with Gasteiger partial charge >= 0.3 is 29.6 Å². The Morgan fingerprint density at radius 2 is 1.79 bits per heavy atom. The van der Waals surface area contributed by atoms with Crippen molar-refractivity contribution in [3.05, 3.63) is 76.3 Å². The number of carbonyl (C=O) groups is 1. The number of rotatable bonds is 10. The van der Waals surface area contributed by atoms with Crippen molar-refractivity contribution < 1.29 is 58.8 Å². The molecule has 38 heavy (non-hydrogen) atoms. The van der Waals surface area contributed by atoms with E-state index in [1.165, 1.54) is 5.56 Å². The topological polar surface area (TPSA) is 88.1 Å². The summed E-state index contributed by atoms with van der Waals surface area (Å²) in [6.07, 6.45) is 2.33. The third-order valence-electron chi connectivity index (χ3n) is 7.61. The Hall–Kier alpha value is -2.51. The molecule has 1 aliphatic carbocycles. The normalized spacial score (nSPS) is 16.4. The SMILES string of the molecule is Cc1cc(OCCCO)cc(C)c1-c1cccc(COc2ccc3c(c2)OC2(CC2)C3CC(=O)[O-])c1C.[Na+]. The van der Waals surface area contributed by atoms with Crippen LogP contribution in [0, 0.1) is 20.8 Å². The van der Waals surface area contributed by atoms with E-state index in [9.17, 15) is 9.90 Å². The number of aliphatic hydroxyl groups excluding tert-OH is 1. The molecule has 0 amide bonds. The van der Waals surface area contributed by atoms with Crippen LogP contribution in [0.5, 0.6) is 17.2 Å². The molecule has 5 rings (SSSR count). The molecule has 2 aliphatic rings. The van der Waals surface area contributed by atoms with Crippen molar-refractivity contribution in [2.45, 2.75) is 64.6 Å². The Kier molecular flexibility index (Phi) is 8.78. The van der Waals surface area contributed by atoms with Crippen molar-refractivity contribution in [3.8, 4) is 28.4 Å². The molecule has 6 nitrogen and oxygen atoms in total. The average Bonchev–Trinajstić information content (AvgIpc) is 3.56. The molecule has 1 heterocycles. The van der Waals surface area contributed by atoms with Crippen LogP contribution in [0.2, 0.25) is 0 Å². The molecule has 1 atom stereocenters. The van der Waals surface area contributed by atoms with Crippen molar-refractivity contribution in [3.63, 3.8) is 0 Å². The molecule has 194 valence electrons. The molecule has 1 unspecified atom stereocenters. The number of aliphatic carboxylic acids is 1. The van der Waals surface area contributed by atoms with Gasteiger partial charge in [0, 0.05) is 36.5 Å². The predicted octanol–water partition coefficient (Wildman–Crippen LogP) is 1.77. The van der Waals surface area contributed by atoms with Gasteiger partial charge in [-0.15, -0.1) is 0 Å². The molecule has 7 heteroatoms. The molecule has 1 spiro atoms. The molecule has 0 radical (unpaired) electrons. The summed E-state index contributed by atoms with van der Waals surface area (Å²) in [7, 11) is 0. The zero-order valence-corrected chi connectivity index (χ0v) is 24.6. The maximum atomic E-state index is 11.3. The van der Waals surface area contributed by atoms with Crippen molar-refractivity contribution in [1.29, 1.82) is 0 Å². The Labute approximate surface area is 246 Å². The largest absolute Gasteiger partial charge is 1.00 e. The van der Waals surface area contributed by atoms with Gasteiger partial charge in [0.2, 0.25) is 0 Å².